The molecule has 0 aliphatic rings. The molecule has 1 unspecified atom stereocenters. The zero-order valence-electron chi connectivity index (χ0n) is 13.4. The molecule has 3 aromatic rings. The maximum absolute atomic E-state index is 12.5. The summed E-state index contributed by atoms with van der Waals surface area (Å²) in [5, 5.41) is 0.650. The zero-order chi connectivity index (χ0) is 17.9. The van der Waals surface area contributed by atoms with Crippen LogP contribution in [0.3, 0.4) is 0 Å². The van der Waals surface area contributed by atoms with Crippen LogP contribution in [-0.4, -0.2) is 27.3 Å². The van der Waals surface area contributed by atoms with Crippen LogP contribution in [0.2, 0.25) is 0 Å². The van der Waals surface area contributed by atoms with Crippen LogP contribution in [0.1, 0.15) is 5.56 Å². The molecule has 6 nitrogen and oxygen atoms in total. The lowest BCUT2D eigenvalue weighted by Crippen LogP contribution is -2.01. The number of hydrogen-bond acceptors (Lipinski definition) is 6. The van der Waals surface area contributed by atoms with E-state index in [-0.39, 0.29) is 12.5 Å². The molecule has 0 aliphatic carbocycles. The Morgan fingerprint density at radius 3 is 2.72 bits per heavy atom. The first-order valence-electron chi connectivity index (χ1n) is 7.37. The Hall–Kier alpha value is -2.74. The van der Waals surface area contributed by atoms with E-state index in [0.29, 0.717) is 21.5 Å². The molecule has 0 fully saturated rings. The Morgan fingerprint density at radius 2 is 1.96 bits per heavy atom. The smallest absolute Gasteiger partial charge is 0.243 e. The third-order valence-electron chi connectivity index (χ3n) is 3.52. The number of rotatable bonds is 6. The normalized spacial score (nSPS) is 13.4. The van der Waals surface area contributed by atoms with E-state index in [1.165, 1.54) is 18.6 Å². The van der Waals surface area contributed by atoms with Crippen molar-refractivity contribution >= 4 is 20.6 Å². The van der Waals surface area contributed by atoms with Gasteiger partial charge >= 0.3 is 0 Å². The van der Waals surface area contributed by atoms with Crippen LogP contribution in [0.15, 0.2) is 53.7 Å². The third-order valence-corrected chi connectivity index (χ3v) is 4.67. The maximum atomic E-state index is 12.5. The molecule has 25 heavy (non-hydrogen) atoms. The van der Waals surface area contributed by atoms with Crippen molar-refractivity contribution in [2.24, 2.45) is 0 Å². The third kappa shape index (κ3) is 3.85. The van der Waals surface area contributed by atoms with E-state index in [4.69, 9.17) is 14.3 Å². The number of benzene rings is 1. The molecular formula is C17H16FN3O3S. The molecule has 3 rings (SSSR count). The van der Waals surface area contributed by atoms with Crippen LogP contribution in [-0.2, 0) is 16.3 Å². The second-order valence-corrected chi connectivity index (χ2v) is 7.51. The summed E-state index contributed by atoms with van der Waals surface area (Å²) in [6.07, 6.45) is 4.40. The summed E-state index contributed by atoms with van der Waals surface area (Å²) < 4.78 is 42.6. The van der Waals surface area contributed by atoms with Crippen LogP contribution < -0.4 is 9.47 Å². The highest BCUT2D eigenvalue weighted by Gasteiger charge is 2.10. The molecule has 0 saturated heterocycles. The molecule has 1 aromatic carbocycles. The number of nitrogens with zero attached hydrogens (tertiary/aromatic N) is 2. The average Bonchev–Trinajstić information content (AvgIpc) is 2.60. The van der Waals surface area contributed by atoms with E-state index in [2.05, 4.69) is 9.97 Å². The van der Waals surface area contributed by atoms with Gasteiger partial charge in [-0.1, -0.05) is 12.1 Å². The Kier molecular flexibility index (Phi) is 4.80. The summed E-state index contributed by atoms with van der Waals surface area (Å²) in [7, 11) is -2.78. The quantitative estimate of drug-likeness (QED) is 0.726. The minimum Gasteiger partial charge on any atom is -0.488 e. The number of alkyl halides is 1. The van der Waals surface area contributed by atoms with Crippen molar-refractivity contribution in [2.45, 2.75) is 11.5 Å². The van der Waals surface area contributed by atoms with E-state index in [0.717, 1.165) is 5.56 Å². The Balaban J connectivity index is 1.88. The molecular weight excluding hydrogens is 345 g/mol. The number of hydrogen-bond donors (Lipinski definition) is 1. The van der Waals surface area contributed by atoms with E-state index in [9.17, 15) is 8.60 Å². The van der Waals surface area contributed by atoms with Gasteiger partial charge in [0.15, 0.2) is 0 Å². The summed E-state index contributed by atoms with van der Waals surface area (Å²) >= 11 is 0. The van der Waals surface area contributed by atoms with E-state index in [1.807, 2.05) is 6.07 Å². The predicted octanol–water partition coefficient (Wildman–Crippen LogP) is 3.55. The average molecular weight is 361 g/mol. The van der Waals surface area contributed by atoms with Gasteiger partial charge in [-0.2, -0.15) is 0 Å². The van der Waals surface area contributed by atoms with Gasteiger partial charge in [0, 0.05) is 28.9 Å². The van der Waals surface area contributed by atoms with Gasteiger partial charge in [0.2, 0.25) is 12.7 Å². The van der Waals surface area contributed by atoms with Crippen molar-refractivity contribution in [3.63, 3.8) is 0 Å². The summed E-state index contributed by atoms with van der Waals surface area (Å²) in [4.78, 5) is 8.58. The second kappa shape index (κ2) is 7.02. The standard InChI is InChI=1S/C17H16FN3O3S/c1-25(19,22)13-4-2-3-12(9-13)10-23-15-6-8-20-16-14(15)5-7-21-17(16)24-11-18/h2-9,19H,10-11H2,1H3. The van der Waals surface area contributed by atoms with Crippen molar-refractivity contribution in [1.82, 2.24) is 9.97 Å². The molecule has 0 bridgehead atoms. The number of pyridine rings is 2. The Bertz CT molecular complexity index is 1010. The van der Waals surface area contributed by atoms with Gasteiger partial charge in [-0.3, -0.25) is 4.98 Å². The largest absolute Gasteiger partial charge is 0.488 e. The highest BCUT2D eigenvalue weighted by Crippen LogP contribution is 2.29. The van der Waals surface area contributed by atoms with Crippen LogP contribution >= 0.6 is 0 Å². The zero-order valence-corrected chi connectivity index (χ0v) is 14.3. The van der Waals surface area contributed by atoms with Crippen molar-refractivity contribution in [3.8, 4) is 11.6 Å². The van der Waals surface area contributed by atoms with Gasteiger partial charge in [0.1, 0.15) is 17.9 Å². The molecule has 130 valence electrons. The first-order valence-corrected chi connectivity index (χ1v) is 9.33. The van der Waals surface area contributed by atoms with Crippen molar-refractivity contribution < 1.29 is 18.1 Å². The molecule has 0 radical (unpaired) electrons. The van der Waals surface area contributed by atoms with Gasteiger partial charge < -0.3 is 9.47 Å². The lowest BCUT2D eigenvalue weighted by molar-refractivity contribution is 0.187. The minimum absolute atomic E-state index is 0.104. The fraction of sp³-hybridized carbons (Fsp3) is 0.176. The molecule has 8 heteroatoms. The molecule has 1 atom stereocenters. The van der Waals surface area contributed by atoms with Gasteiger partial charge in [-0.25, -0.2) is 18.4 Å². The van der Waals surface area contributed by atoms with E-state index < -0.39 is 16.6 Å². The SMILES string of the molecule is CS(=N)(=O)c1cccc(COc2ccnc3c(OCF)nccc23)c1. The number of fused-ring (bicyclic) bond motifs is 1. The summed E-state index contributed by atoms with van der Waals surface area (Å²) in [6, 6.07) is 10.3. The first-order chi connectivity index (χ1) is 12.0. The van der Waals surface area contributed by atoms with Crippen molar-refractivity contribution in [1.29, 1.82) is 4.78 Å². The highest BCUT2D eigenvalue weighted by molar-refractivity contribution is 7.91. The number of ether oxygens (including phenoxy) is 2. The van der Waals surface area contributed by atoms with Crippen LogP contribution in [0.25, 0.3) is 10.9 Å². The fourth-order valence-corrected chi connectivity index (χ4v) is 3.06. The first kappa shape index (κ1) is 17.1. The number of nitrogens with one attached hydrogen (secondary N) is 1. The number of aromatic nitrogens is 2. The molecule has 2 aromatic heterocycles. The van der Waals surface area contributed by atoms with Crippen LogP contribution in [0.5, 0.6) is 11.6 Å². The van der Waals surface area contributed by atoms with Crippen molar-refractivity contribution in [3.05, 3.63) is 54.4 Å². The molecule has 0 amide bonds. The monoisotopic (exact) mass is 361 g/mol. The van der Waals surface area contributed by atoms with E-state index >= 15 is 0 Å². The van der Waals surface area contributed by atoms with Crippen LogP contribution in [0.4, 0.5) is 4.39 Å². The predicted molar refractivity (Wildman–Crippen MR) is 92.0 cm³/mol. The van der Waals surface area contributed by atoms with Crippen LogP contribution in [0, 0.1) is 4.78 Å². The molecule has 0 aliphatic heterocycles. The minimum atomic E-state index is -2.78. The second-order valence-electron chi connectivity index (χ2n) is 5.35. The Labute approximate surface area is 144 Å². The molecule has 1 N–H and O–H groups in total. The topological polar surface area (TPSA) is 85.2 Å². The lowest BCUT2D eigenvalue weighted by Gasteiger charge is -2.11. The molecule has 2 heterocycles. The van der Waals surface area contributed by atoms with Gasteiger partial charge in [0.05, 0.1) is 9.73 Å². The summed E-state index contributed by atoms with van der Waals surface area (Å²) in [5.74, 6) is 0.650. The maximum Gasteiger partial charge on any atom is 0.243 e. The summed E-state index contributed by atoms with van der Waals surface area (Å²) in [6.45, 7) is -0.765. The highest BCUT2D eigenvalue weighted by atomic mass is 32.2. The van der Waals surface area contributed by atoms with Gasteiger partial charge in [-0.15, -0.1) is 0 Å². The fourth-order valence-electron chi connectivity index (χ4n) is 2.35. The van der Waals surface area contributed by atoms with Gasteiger partial charge in [-0.05, 0) is 29.8 Å². The summed E-state index contributed by atoms with van der Waals surface area (Å²) in [5.41, 5.74) is 1.20. The molecule has 0 spiro atoms. The van der Waals surface area contributed by atoms with E-state index in [1.54, 1.807) is 30.3 Å². The van der Waals surface area contributed by atoms with Crippen molar-refractivity contribution in [2.75, 3.05) is 13.1 Å². The molecule has 0 saturated carbocycles. The van der Waals surface area contributed by atoms with Gasteiger partial charge in [0.25, 0.3) is 0 Å². The Morgan fingerprint density at radius 1 is 1.16 bits per heavy atom. The lowest BCUT2D eigenvalue weighted by atomic mass is 10.2. The number of halogens is 1.